The van der Waals surface area contributed by atoms with Crippen molar-refractivity contribution in [2.45, 2.75) is 0 Å². The maximum atomic E-state index is 11.0. The summed E-state index contributed by atoms with van der Waals surface area (Å²) in [6.45, 7) is 0. The summed E-state index contributed by atoms with van der Waals surface area (Å²) in [6.07, 6.45) is 0. The predicted molar refractivity (Wildman–Crippen MR) is 47.2 cm³/mol. The van der Waals surface area contributed by atoms with E-state index in [1.54, 1.807) is 18.2 Å². The molecule has 0 aliphatic heterocycles. The van der Waals surface area contributed by atoms with Crippen LogP contribution in [0.3, 0.4) is 0 Å². The molecule has 0 atom stereocenters. The van der Waals surface area contributed by atoms with Crippen molar-refractivity contribution in [3.05, 3.63) is 40.9 Å². The average Bonchev–Trinajstić information content (AvgIpc) is 2.03. The first kappa shape index (κ1) is 9.36. The largest absolute Gasteiger partial charge is 0.458 e. The fourth-order valence-electron chi connectivity index (χ4n) is 0.765. The Labute approximate surface area is 80.0 Å². The number of esters is 1. The predicted octanol–water partition coefficient (Wildman–Crippen LogP) is 2.94. The Balaban J connectivity index is 3.21. The number of halogens is 2. The first-order valence-electron chi connectivity index (χ1n) is 3.07. The molecule has 0 heterocycles. The van der Waals surface area contributed by atoms with Gasteiger partial charge in [0.25, 0.3) is 0 Å². The smallest absolute Gasteiger partial charge is 0.341 e. The second kappa shape index (κ2) is 3.78. The molecule has 4 heteroatoms. The van der Waals surface area contributed by atoms with Crippen LogP contribution in [0.4, 0.5) is 0 Å². The van der Waals surface area contributed by atoms with Crippen molar-refractivity contribution in [1.82, 2.24) is 0 Å². The highest BCUT2D eigenvalue weighted by Gasteiger charge is 2.13. The number of carbonyl (C=O) groups is 1. The zero-order valence-electron chi connectivity index (χ0n) is 6.01. The Hall–Kier alpha value is -0.730. The molecule has 0 N–H and O–H groups in total. The lowest BCUT2D eigenvalue weighted by molar-refractivity contribution is 0.0654. The van der Waals surface area contributed by atoms with Crippen molar-refractivity contribution in [2.75, 3.05) is 0 Å². The van der Waals surface area contributed by atoms with Gasteiger partial charge in [0.05, 0.1) is 15.6 Å². The topological polar surface area (TPSA) is 26.3 Å². The standard InChI is InChI=1S/C8H5Cl2O2/c1-12-8(11)7-5(9)3-2-4-6(7)10/h2-4H,1H2. The Morgan fingerprint density at radius 1 is 1.33 bits per heavy atom. The summed E-state index contributed by atoms with van der Waals surface area (Å²) in [5, 5.41) is 0.521. The van der Waals surface area contributed by atoms with Gasteiger partial charge in [0.2, 0.25) is 0 Å². The van der Waals surface area contributed by atoms with Crippen LogP contribution in [0.15, 0.2) is 18.2 Å². The molecule has 0 aliphatic carbocycles. The molecule has 0 amide bonds. The fraction of sp³-hybridized carbons (Fsp3) is 0. The summed E-state index contributed by atoms with van der Waals surface area (Å²) in [7, 11) is 2.98. The van der Waals surface area contributed by atoms with Crippen LogP contribution in [0.5, 0.6) is 0 Å². The van der Waals surface area contributed by atoms with Crippen molar-refractivity contribution in [1.29, 1.82) is 0 Å². The molecule has 0 aromatic heterocycles. The molecule has 0 unspecified atom stereocenters. The quantitative estimate of drug-likeness (QED) is 0.657. The molecule has 2 nitrogen and oxygen atoms in total. The summed E-state index contributed by atoms with van der Waals surface area (Å²) in [5.41, 5.74) is 0.149. The highest BCUT2D eigenvalue weighted by molar-refractivity contribution is 6.39. The summed E-state index contributed by atoms with van der Waals surface area (Å²) in [4.78, 5) is 11.0. The highest BCUT2D eigenvalue weighted by Crippen LogP contribution is 2.24. The van der Waals surface area contributed by atoms with E-state index in [1.807, 2.05) is 0 Å². The van der Waals surface area contributed by atoms with E-state index < -0.39 is 5.97 Å². The van der Waals surface area contributed by atoms with Crippen molar-refractivity contribution in [3.63, 3.8) is 0 Å². The van der Waals surface area contributed by atoms with Gasteiger partial charge in [-0.15, -0.1) is 0 Å². The summed E-state index contributed by atoms with van der Waals surface area (Å²) < 4.78 is 4.24. The second-order valence-electron chi connectivity index (χ2n) is 2.03. The van der Waals surface area contributed by atoms with Gasteiger partial charge in [0, 0.05) is 0 Å². The van der Waals surface area contributed by atoms with Gasteiger partial charge in [-0.2, -0.15) is 0 Å². The lowest BCUT2D eigenvalue weighted by Crippen LogP contribution is -2.01. The first-order valence-corrected chi connectivity index (χ1v) is 3.82. The zero-order valence-corrected chi connectivity index (χ0v) is 7.52. The van der Waals surface area contributed by atoms with Gasteiger partial charge in [-0.25, -0.2) is 4.79 Å². The number of benzene rings is 1. The summed E-state index contributed by atoms with van der Waals surface area (Å²) in [6, 6.07) is 4.75. The first-order chi connectivity index (χ1) is 5.66. The zero-order chi connectivity index (χ0) is 9.14. The van der Waals surface area contributed by atoms with Crippen LogP contribution >= 0.6 is 23.2 Å². The number of carbonyl (C=O) groups excluding carboxylic acids is 1. The third-order valence-electron chi connectivity index (χ3n) is 1.30. The van der Waals surface area contributed by atoms with Crippen LogP contribution in [0.2, 0.25) is 10.0 Å². The Kier molecular flexibility index (Phi) is 2.95. The number of hydrogen-bond acceptors (Lipinski definition) is 2. The lowest BCUT2D eigenvalue weighted by Gasteiger charge is -2.02. The molecular weight excluding hydrogens is 199 g/mol. The minimum Gasteiger partial charge on any atom is -0.458 e. The third kappa shape index (κ3) is 1.71. The molecule has 1 aromatic rings. The third-order valence-corrected chi connectivity index (χ3v) is 1.93. The summed E-state index contributed by atoms with van der Waals surface area (Å²) in [5.74, 6) is -0.634. The van der Waals surface area contributed by atoms with E-state index >= 15 is 0 Å². The maximum absolute atomic E-state index is 11.0. The number of rotatable bonds is 1. The van der Waals surface area contributed by atoms with E-state index in [0.29, 0.717) is 0 Å². The van der Waals surface area contributed by atoms with Crippen molar-refractivity contribution >= 4 is 29.2 Å². The fourth-order valence-corrected chi connectivity index (χ4v) is 1.32. The van der Waals surface area contributed by atoms with Crippen LogP contribution in [-0.4, -0.2) is 5.97 Å². The molecule has 1 rings (SSSR count). The number of ether oxygens (including phenoxy) is 1. The Bertz CT molecular complexity index is 290. The molecule has 0 bridgehead atoms. The van der Waals surface area contributed by atoms with Gasteiger partial charge >= 0.3 is 5.97 Å². The van der Waals surface area contributed by atoms with E-state index in [2.05, 4.69) is 11.8 Å². The molecular formula is C8H5Cl2O2. The molecule has 1 aromatic carbocycles. The van der Waals surface area contributed by atoms with Crippen molar-refractivity contribution in [2.24, 2.45) is 0 Å². The van der Waals surface area contributed by atoms with E-state index in [0.717, 1.165) is 0 Å². The van der Waals surface area contributed by atoms with Gasteiger partial charge < -0.3 is 4.74 Å². The van der Waals surface area contributed by atoms with Gasteiger partial charge in [-0.3, -0.25) is 0 Å². The van der Waals surface area contributed by atoms with E-state index in [1.165, 1.54) is 0 Å². The molecule has 1 radical (unpaired) electrons. The van der Waals surface area contributed by atoms with Crippen molar-refractivity contribution in [3.8, 4) is 0 Å². The van der Waals surface area contributed by atoms with Gasteiger partial charge in [0.1, 0.15) is 7.11 Å². The van der Waals surface area contributed by atoms with Crippen LogP contribution in [0.1, 0.15) is 10.4 Å². The van der Waals surface area contributed by atoms with Crippen LogP contribution in [-0.2, 0) is 4.74 Å². The average molecular weight is 204 g/mol. The molecule has 12 heavy (non-hydrogen) atoms. The minimum absolute atomic E-state index is 0.149. The van der Waals surface area contributed by atoms with Crippen LogP contribution < -0.4 is 0 Å². The summed E-state index contributed by atoms with van der Waals surface area (Å²) >= 11 is 11.4. The second-order valence-corrected chi connectivity index (χ2v) is 2.84. The molecule has 0 aliphatic rings. The molecule has 63 valence electrons. The molecule has 0 saturated carbocycles. The number of hydrogen-bond donors (Lipinski definition) is 0. The molecule has 0 fully saturated rings. The van der Waals surface area contributed by atoms with E-state index in [4.69, 9.17) is 23.2 Å². The molecule has 0 saturated heterocycles. The van der Waals surface area contributed by atoms with Gasteiger partial charge in [0.15, 0.2) is 0 Å². The van der Waals surface area contributed by atoms with Crippen LogP contribution in [0.25, 0.3) is 0 Å². The lowest BCUT2D eigenvalue weighted by atomic mass is 10.2. The highest BCUT2D eigenvalue weighted by atomic mass is 35.5. The van der Waals surface area contributed by atoms with E-state index in [-0.39, 0.29) is 15.6 Å². The maximum Gasteiger partial charge on any atom is 0.341 e. The SMILES string of the molecule is [CH2]OC(=O)c1c(Cl)cccc1Cl. The van der Waals surface area contributed by atoms with Gasteiger partial charge in [-0.1, -0.05) is 29.3 Å². The minimum atomic E-state index is -0.634. The molecule has 0 spiro atoms. The Morgan fingerprint density at radius 3 is 2.25 bits per heavy atom. The monoisotopic (exact) mass is 203 g/mol. The van der Waals surface area contributed by atoms with Crippen molar-refractivity contribution < 1.29 is 9.53 Å². The van der Waals surface area contributed by atoms with E-state index in [9.17, 15) is 4.79 Å². The Morgan fingerprint density at radius 2 is 1.83 bits per heavy atom. The van der Waals surface area contributed by atoms with Gasteiger partial charge in [-0.05, 0) is 12.1 Å². The van der Waals surface area contributed by atoms with Crippen LogP contribution in [0, 0.1) is 7.11 Å². The normalized spacial score (nSPS) is 9.58.